The van der Waals surface area contributed by atoms with Gasteiger partial charge in [-0.05, 0) is 35.9 Å². The van der Waals surface area contributed by atoms with Gasteiger partial charge in [-0.25, -0.2) is 12.8 Å². The van der Waals surface area contributed by atoms with Crippen LogP contribution in [-0.4, -0.2) is 15.5 Å². The standard InChI is InChI=1S/C19H16FNO3S/c1-24-15-11-12-18(16(13-15)14-7-3-2-4-8-14)21-25(22,23)19-10-6-5-9-17(19)20/h2-13,21H,1H3. The highest BCUT2D eigenvalue weighted by atomic mass is 32.2. The van der Waals surface area contributed by atoms with Crippen LogP contribution in [-0.2, 0) is 10.0 Å². The molecule has 3 aromatic carbocycles. The quantitative estimate of drug-likeness (QED) is 0.741. The molecule has 0 aliphatic rings. The molecule has 0 atom stereocenters. The average molecular weight is 357 g/mol. The minimum atomic E-state index is -4.06. The molecule has 0 aliphatic heterocycles. The first-order chi connectivity index (χ1) is 12.0. The summed E-state index contributed by atoms with van der Waals surface area (Å²) < 4.78 is 46.7. The Labute approximate surface area is 146 Å². The zero-order valence-corrected chi connectivity index (χ0v) is 14.3. The number of rotatable bonds is 5. The van der Waals surface area contributed by atoms with E-state index in [0.29, 0.717) is 17.0 Å². The van der Waals surface area contributed by atoms with Crippen molar-refractivity contribution in [2.75, 3.05) is 11.8 Å². The van der Waals surface area contributed by atoms with Crippen molar-refractivity contribution in [3.63, 3.8) is 0 Å². The molecule has 0 saturated heterocycles. The number of benzene rings is 3. The molecular weight excluding hydrogens is 341 g/mol. The van der Waals surface area contributed by atoms with Crippen LogP contribution in [0.15, 0.2) is 77.7 Å². The summed E-state index contributed by atoms with van der Waals surface area (Å²) in [5.41, 5.74) is 1.79. The molecule has 0 saturated carbocycles. The third kappa shape index (κ3) is 3.64. The number of sulfonamides is 1. The van der Waals surface area contributed by atoms with Crippen LogP contribution in [0.25, 0.3) is 11.1 Å². The van der Waals surface area contributed by atoms with Gasteiger partial charge in [0.05, 0.1) is 12.8 Å². The van der Waals surface area contributed by atoms with Gasteiger partial charge >= 0.3 is 0 Å². The summed E-state index contributed by atoms with van der Waals surface area (Å²) in [6, 6.07) is 19.5. The maximum absolute atomic E-state index is 13.9. The Morgan fingerprint density at radius 1 is 0.920 bits per heavy atom. The Kier molecular flexibility index (Phi) is 4.72. The van der Waals surface area contributed by atoms with E-state index in [1.54, 1.807) is 18.2 Å². The molecule has 0 aliphatic carbocycles. The first kappa shape index (κ1) is 17.0. The van der Waals surface area contributed by atoms with Crippen molar-refractivity contribution in [1.29, 1.82) is 0 Å². The van der Waals surface area contributed by atoms with E-state index in [0.717, 1.165) is 11.6 Å². The van der Waals surface area contributed by atoms with Crippen LogP contribution in [0, 0.1) is 5.82 Å². The van der Waals surface area contributed by atoms with Crippen molar-refractivity contribution in [3.05, 3.63) is 78.6 Å². The number of hydrogen-bond donors (Lipinski definition) is 1. The second-order valence-corrected chi connectivity index (χ2v) is 6.96. The van der Waals surface area contributed by atoms with Crippen LogP contribution < -0.4 is 9.46 Å². The molecule has 0 amide bonds. The van der Waals surface area contributed by atoms with Crippen molar-refractivity contribution in [2.24, 2.45) is 0 Å². The molecule has 25 heavy (non-hydrogen) atoms. The largest absolute Gasteiger partial charge is 0.497 e. The summed E-state index contributed by atoms with van der Waals surface area (Å²) >= 11 is 0. The molecule has 6 heteroatoms. The molecule has 0 radical (unpaired) electrons. The number of hydrogen-bond acceptors (Lipinski definition) is 3. The summed E-state index contributed by atoms with van der Waals surface area (Å²) in [4.78, 5) is -0.398. The Hall–Kier alpha value is -2.86. The minimum Gasteiger partial charge on any atom is -0.497 e. The molecular formula is C19H16FNO3S. The fourth-order valence-electron chi connectivity index (χ4n) is 2.46. The molecule has 3 aromatic rings. The Bertz CT molecular complexity index is 989. The first-order valence-corrected chi connectivity index (χ1v) is 9.00. The van der Waals surface area contributed by atoms with E-state index < -0.39 is 20.7 Å². The summed E-state index contributed by atoms with van der Waals surface area (Å²) in [6.45, 7) is 0. The second kappa shape index (κ2) is 6.94. The highest BCUT2D eigenvalue weighted by Crippen LogP contribution is 2.33. The molecule has 3 rings (SSSR count). The number of anilines is 1. The van der Waals surface area contributed by atoms with Crippen molar-refractivity contribution >= 4 is 15.7 Å². The molecule has 0 bridgehead atoms. The van der Waals surface area contributed by atoms with Crippen molar-refractivity contribution in [2.45, 2.75) is 4.90 Å². The predicted octanol–water partition coefficient (Wildman–Crippen LogP) is 4.30. The summed E-state index contributed by atoms with van der Waals surface area (Å²) in [5.74, 6) is -0.211. The second-order valence-electron chi connectivity index (χ2n) is 5.31. The predicted molar refractivity (Wildman–Crippen MR) is 95.6 cm³/mol. The van der Waals surface area contributed by atoms with Crippen LogP contribution in [0.1, 0.15) is 0 Å². The van der Waals surface area contributed by atoms with Gasteiger partial charge in [-0.2, -0.15) is 0 Å². The van der Waals surface area contributed by atoms with E-state index in [1.165, 1.54) is 25.3 Å². The zero-order valence-electron chi connectivity index (χ0n) is 13.4. The van der Waals surface area contributed by atoms with Crippen LogP contribution >= 0.6 is 0 Å². The van der Waals surface area contributed by atoms with Gasteiger partial charge in [-0.3, -0.25) is 4.72 Å². The van der Waals surface area contributed by atoms with Gasteiger partial charge in [0, 0.05) is 5.56 Å². The lowest BCUT2D eigenvalue weighted by molar-refractivity contribution is 0.415. The smallest absolute Gasteiger partial charge is 0.264 e. The van der Waals surface area contributed by atoms with Gasteiger partial charge in [0.1, 0.15) is 16.5 Å². The lowest BCUT2D eigenvalue weighted by Gasteiger charge is -2.14. The molecule has 4 nitrogen and oxygen atoms in total. The van der Waals surface area contributed by atoms with Crippen molar-refractivity contribution < 1.29 is 17.5 Å². The maximum Gasteiger partial charge on any atom is 0.264 e. The van der Waals surface area contributed by atoms with Gasteiger partial charge < -0.3 is 4.74 Å². The van der Waals surface area contributed by atoms with E-state index >= 15 is 0 Å². The summed E-state index contributed by atoms with van der Waals surface area (Å²) in [6.07, 6.45) is 0. The lowest BCUT2D eigenvalue weighted by Crippen LogP contribution is -2.15. The topological polar surface area (TPSA) is 55.4 Å². The Morgan fingerprint density at radius 3 is 2.28 bits per heavy atom. The molecule has 1 N–H and O–H groups in total. The van der Waals surface area contributed by atoms with Gasteiger partial charge in [0.25, 0.3) is 10.0 Å². The first-order valence-electron chi connectivity index (χ1n) is 7.52. The van der Waals surface area contributed by atoms with Gasteiger partial charge in [-0.15, -0.1) is 0 Å². The van der Waals surface area contributed by atoms with E-state index in [2.05, 4.69) is 4.72 Å². The number of nitrogens with one attached hydrogen (secondary N) is 1. The number of halogens is 1. The van der Waals surface area contributed by atoms with Gasteiger partial charge in [-0.1, -0.05) is 42.5 Å². The molecule has 0 fully saturated rings. The fraction of sp³-hybridized carbons (Fsp3) is 0.0526. The van der Waals surface area contributed by atoms with Crippen molar-refractivity contribution in [3.8, 4) is 16.9 Å². The average Bonchev–Trinajstić information content (AvgIpc) is 2.62. The van der Waals surface area contributed by atoms with Crippen LogP contribution in [0.5, 0.6) is 5.75 Å². The van der Waals surface area contributed by atoms with Crippen LogP contribution in [0.2, 0.25) is 0 Å². The third-order valence-corrected chi connectivity index (χ3v) is 5.08. The van der Waals surface area contributed by atoms with Gasteiger partial charge in [0.15, 0.2) is 0 Å². The maximum atomic E-state index is 13.9. The van der Waals surface area contributed by atoms with Crippen LogP contribution in [0.3, 0.4) is 0 Å². The number of methoxy groups -OCH3 is 1. The summed E-state index contributed by atoms with van der Waals surface area (Å²) in [5, 5.41) is 0. The fourth-order valence-corrected chi connectivity index (χ4v) is 3.62. The molecule has 0 spiro atoms. The molecule has 0 heterocycles. The highest BCUT2D eigenvalue weighted by Gasteiger charge is 2.20. The lowest BCUT2D eigenvalue weighted by atomic mass is 10.0. The van der Waals surface area contributed by atoms with Gasteiger partial charge in [0.2, 0.25) is 0 Å². The van der Waals surface area contributed by atoms with E-state index in [9.17, 15) is 12.8 Å². The SMILES string of the molecule is COc1ccc(NS(=O)(=O)c2ccccc2F)c(-c2ccccc2)c1. The normalized spacial score (nSPS) is 11.1. The highest BCUT2D eigenvalue weighted by molar-refractivity contribution is 7.92. The zero-order chi connectivity index (χ0) is 17.9. The third-order valence-electron chi connectivity index (χ3n) is 3.68. The number of ether oxygens (including phenoxy) is 1. The molecule has 0 aromatic heterocycles. The monoisotopic (exact) mass is 357 g/mol. The van der Waals surface area contributed by atoms with Crippen LogP contribution in [0.4, 0.5) is 10.1 Å². The van der Waals surface area contributed by atoms with E-state index in [1.807, 2.05) is 30.3 Å². The summed E-state index contributed by atoms with van der Waals surface area (Å²) in [7, 11) is -2.52. The Balaban J connectivity index is 2.07. The van der Waals surface area contributed by atoms with Crippen molar-refractivity contribution in [1.82, 2.24) is 0 Å². The minimum absolute atomic E-state index is 0.343. The molecule has 0 unspecified atom stereocenters. The van der Waals surface area contributed by atoms with E-state index in [4.69, 9.17) is 4.74 Å². The van der Waals surface area contributed by atoms with E-state index in [-0.39, 0.29) is 0 Å². The Morgan fingerprint density at radius 2 is 1.60 bits per heavy atom. The molecule has 128 valence electrons.